The molecule has 1 aromatic heterocycles. The average molecular weight is 371 g/mol. The van der Waals surface area contributed by atoms with Crippen LogP contribution in [0.25, 0.3) is 0 Å². The lowest BCUT2D eigenvalue weighted by Gasteiger charge is -2.21. The second-order valence-electron chi connectivity index (χ2n) is 6.88. The van der Waals surface area contributed by atoms with Gasteiger partial charge in [0.25, 0.3) is 5.91 Å². The van der Waals surface area contributed by atoms with E-state index in [1.54, 1.807) is 24.3 Å². The molecule has 7 heteroatoms. The molecule has 0 aliphatic heterocycles. The number of carbonyl (C=O) groups excluding carboxylic acids is 2. The van der Waals surface area contributed by atoms with E-state index in [-0.39, 0.29) is 36.6 Å². The number of amides is 2. The standard InChI is InChI=1S/C20H25N3O4/c1-2-15(11-24)21-18(25)10-13-6-8-16(9-7-13)22-19(26)17-12-27-20(23-17)14-4-3-5-14/h6-9,12,14-15,24H,2-5,10-11H2,1H3,(H,21,25)(H,22,26). The monoisotopic (exact) mass is 371 g/mol. The Bertz CT molecular complexity index is 777. The summed E-state index contributed by atoms with van der Waals surface area (Å²) in [6, 6.07) is 6.85. The molecule has 1 aliphatic carbocycles. The Morgan fingerprint density at radius 3 is 2.63 bits per heavy atom. The van der Waals surface area contributed by atoms with Gasteiger partial charge < -0.3 is 20.2 Å². The van der Waals surface area contributed by atoms with Gasteiger partial charge in [-0.05, 0) is 37.0 Å². The minimum Gasteiger partial charge on any atom is -0.448 e. The average Bonchev–Trinajstić information content (AvgIpc) is 3.09. The van der Waals surface area contributed by atoms with Crippen LogP contribution in [0.5, 0.6) is 0 Å². The van der Waals surface area contributed by atoms with Crippen molar-refractivity contribution < 1.29 is 19.1 Å². The molecule has 1 heterocycles. The van der Waals surface area contributed by atoms with Gasteiger partial charge in [0.1, 0.15) is 6.26 Å². The zero-order chi connectivity index (χ0) is 19.2. The molecule has 2 amide bonds. The van der Waals surface area contributed by atoms with Crippen LogP contribution >= 0.6 is 0 Å². The van der Waals surface area contributed by atoms with Crippen LogP contribution in [0, 0.1) is 0 Å². The number of carbonyl (C=O) groups is 2. The summed E-state index contributed by atoms with van der Waals surface area (Å²) in [4.78, 5) is 28.5. The van der Waals surface area contributed by atoms with Gasteiger partial charge in [0.2, 0.25) is 5.91 Å². The highest BCUT2D eigenvalue weighted by Crippen LogP contribution is 2.35. The molecule has 1 saturated carbocycles. The van der Waals surface area contributed by atoms with E-state index in [9.17, 15) is 9.59 Å². The molecule has 0 spiro atoms. The quantitative estimate of drug-likeness (QED) is 0.662. The van der Waals surface area contributed by atoms with Crippen molar-refractivity contribution in [3.05, 3.63) is 47.7 Å². The zero-order valence-corrected chi connectivity index (χ0v) is 15.4. The fourth-order valence-electron chi connectivity index (χ4n) is 2.88. The summed E-state index contributed by atoms with van der Waals surface area (Å²) in [5.41, 5.74) is 1.72. The van der Waals surface area contributed by atoms with Gasteiger partial charge in [-0.1, -0.05) is 25.5 Å². The number of aliphatic hydroxyl groups excluding tert-OH is 1. The first-order chi connectivity index (χ1) is 13.1. The van der Waals surface area contributed by atoms with Crippen molar-refractivity contribution >= 4 is 17.5 Å². The number of hydrogen-bond donors (Lipinski definition) is 3. The second kappa shape index (κ2) is 8.81. The molecule has 1 unspecified atom stereocenters. The fraction of sp³-hybridized carbons (Fsp3) is 0.450. The van der Waals surface area contributed by atoms with Crippen LogP contribution in [0.3, 0.4) is 0 Å². The highest BCUT2D eigenvalue weighted by Gasteiger charge is 2.25. The van der Waals surface area contributed by atoms with Crippen molar-refractivity contribution in [2.24, 2.45) is 0 Å². The van der Waals surface area contributed by atoms with E-state index in [2.05, 4.69) is 15.6 Å². The summed E-state index contributed by atoms with van der Waals surface area (Å²) in [6.45, 7) is 1.83. The molecule has 3 N–H and O–H groups in total. The first kappa shape index (κ1) is 19.1. The third-order valence-corrected chi connectivity index (χ3v) is 4.86. The number of aliphatic hydroxyl groups is 1. The van der Waals surface area contributed by atoms with E-state index in [0.29, 0.717) is 23.9 Å². The Hall–Kier alpha value is -2.67. The van der Waals surface area contributed by atoms with Gasteiger partial charge >= 0.3 is 0 Å². The second-order valence-corrected chi connectivity index (χ2v) is 6.88. The number of benzene rings is 1. The molecule has 1 fully saturated rings. The molecule has 3 rings (SSSR count). The van der Waals surface area contributed by atoms with Gasteiger partial charge in [0, 0.05) is 11.6 Å². The molecule has 1 aromatic carbocycles. The Kier molecular flexibility index (Phi) is 6.24. The molecular formula is C20H25N3O4. The van der Waals surface area contributed by atoms with E-state index in [4.69, 9.17) is 9.52 Å². The molecule has 144 valence electrons. The lowest BCUT2D eigenvalue weighted by molar-refractivity contribution is -0.121. The Morgan fingerprint density at radius 2 is 2.04 bits per heavy atom. The third kappa shape index (κ3) is 4.95. The normalized spacial score (nSPS) is 15.0. The molecule has 2 aromatic rings. The van der Waals surface area contributed by atoms with Gasteiger partial charge in [-0.3, -0.25) is 9.59 Å². The number of aromatic nitrogens is 1. The van der Waals surface area contributed by atoms with Crippen molar-refractivity contribution in [3.63, 3.8) is 0 Å². The van der Waals surface area contributed by atoms with Crippen LogP contribution in [-0.2, 0) is 11.2 Å². The van der Waals surface area contributed by atoms with Crippen LogP contribution in [0.1, 0.15) is 60.5 Å². The van der Waals surface area contributed by atoms with Gasteiger partial charge in [0.05, 0.1) is 19.1 Å². The van der Waals surface area contributed by atoms with Gasteiger partial charge in [-0.25, -0.2) is 4.98 Å². The summed E-state index contributed by atoms with van der Waals surface area (Å²) < 4.78 is 5.41. The fourth-order valence-corrected chi connectivity index (χ4v) is 2.88. The molecule has 7 nitrogen and oxygen atoms in total. The Balaban J connectivity index is 1.53. The van der Waals surface area contributed by atoms with Crippen molar-refractivity contribution in [3.8, 4) is 0 Å². The summed E-state index contributed by atoms with van der Waals surface area (Å²) in [7, 11) is 0. The molecule has 1 atom stereocenters. The number of oxazole rings is 1. The first-order valence-corrected chi connectivity index (χ1v) is 9.35. The predicted molar refractivity (Wildman–Crippen MR) is 101 cm³/mol. The van der Waals surface area contributed by atoms with E-state index >= 15 is 0 Å². The van der Waals surface area contributed by atoms with Crippen molar-refractivity contribution in [2.45, 2.75) is 51.0 Å². The maximum Gasteiger partial charge on any atom is 0.277 e. The number of hydrogen-bond acceptors (Lipinski definition) is 5. The van der Waals surface area contributed by atoms with Gasteiger partial charge in [-0.2, -0.15) is 0 Å². The van der Waals surface area contributed by atoms with Crippen LogP contribution in [0.2, 0.25) is 0 Å². The Labute approximate surface area is 158 Å². The van der Waals surface area contributed by atoms with Crippen molar-refractivity contribution in [1.82, 2.24) is 10.3 Å². The summed E-state index contributed by atoms with van der Waals surface area (Å²) >= 11 is 0. The van der Waals surface area contributed by atoms with Crippen molar-refractivity contribution in [2.75, 3.05) is 11.9 Å². The van der Waals surface area contributed by atoms with E-state index < -0.39 is 0 Å². The highest BCUT2D eigenvalue weighted by molar-refractivity contribution is 6.02. The van der Waals surface area contributed by atoms with E-state index in [1.165, 1.54) is 12.7 Å². The van der Waals surface area contributed by atoms with Crippen LogP contribution < -0.4 is 10.6 Å². The maximum atomic E-state index is 12.3. The maximum absolute atomic E-state index is 12.3. The summed E-state index contributed by atoms with van der Waals surface area (Å²) in [5, 5.41) is 14.7. The molecule has 0 saturated heterocycles. The highest BCUT2D eigenvalue weighted by atomic mass is 16.3. The van der Waals surface area contributed by atoms with Crippen LogP contribution in [0.4, 0.5) is 5.69 Å². The van der Waals surface area contributed by atoms with Gasteiger partial charge in [-0.15, -0.1) is 0 Å². The van der Waals surface area contributed by atoms with Gasteiger partial charge in [0.15, 0.2) is 11.6 Å². The minimum absolute atomic E-state index is 0.0717. The number of anilines is 1. The molecular weight excluding hydrogens is 346 g/mol. The molecule has 27 heavy (non-hydrogen) atoms. The first-order valence-electron chi connectivity index (χ1n) is 9.35. The van der Waals surface area contributed by atoms with Crippen LogP contribution in [0.15, 0.2) is 34.9 Å². The molecule has 1 aliphatic rings. The zero-order valence-electron chi connectivity index (χ0n) is 15.4. The van der Waals surface area contributed by atoms with Crippen molar-refractivity contribution in [1.29, 1.82) is 0 Å². The topological polar surface area (TPSA) is 104 Å². The largest absolute Gasteiger partial charge is 0.448 e. The number of nitrogens with zero attached hydrogens (tertiary/aromatic N) is 1. The van der Waals surface area contributed by atoms with Crippen LogP contribution in [-0.4, -0.2) is 34.6 Å². The minimum atomic E-state index is -0.316. The smallest absolute Gasteiger partial charge is 0.277 e. The lowest BCUT2D eigenvalue weighted by Crippen LogP contribution is -2.37. The third-order valence-electron chi connectivity index (χ3n) is 4.86. The Morgan fingerprint density at radius 1 is 1.30 bits per heavy atom. The van der Waals surface area contributed by atoms with E-state index in [1.807, 2.05) is 6.92 Å². The lowest BCUT2D eigenvalue weighted by atomic mass is 9.85. The van der Waals surface area contributed by atoms with E-state index in [0.717, 1.165) is 18.4 Å². The number of nitrogens with one attached hydrogen (secondary N) is 2. The molecule has 0 bridgehead atoms. The predicted octanol–water partition coefficient (Wildman–Crippen LogP) is 2.62. The summed E-state index contributed by atoms with van der Waals surface area (Å²) in [5.74, 6) is 0.526. The SMILES string of the molecule is CCC(CO)NC(=O)Cc1ccc(NC(=O)c2coc(C3CCC3)n2)cc1. The molecule has 0 radical (unpaired) electrons. The number of rotatable bonds is 8. The summed E-state index contributed by atoms with van der Waals surface area (Å²) in [6.07, 6.45) is 5.60.